The predicted octanol–water partition coefficient (Wildman–Crippen LogP) is 4.13. The quantitative estimate of drug-likeness (QED) is 0.407. The lowest BCUT2D eigenvalue weighted by Crippen LogP contribution is -2.20. The zero-order valence-corrected chi connectivity index (χ0v) is 13.7. The van der Waals surface area contributed by atoms with Crippen molar-refractivity contribution in [1.82, 2.24) is 4.57 Å². The summed E-state index contributed by atoms with van der Waals surface area (Å²) in [7, 11) is 0. The molecule has 0 unspecified atom stereocenters. The maximum atomic E-state index is 12.2. The summed E-state index contributed by atoms with van der Waals surface area (Å²) in [5.74, 6) is 0. The van der Waals surface area contributed by atoms with Crippen molar-refractivity contribution in [2.45, 2.75) is 4.90 Å². The van der Waals surface area contributed by atoms with Gasteiger partial charge in [-0.15, -0.1) is 11.8 Å². The molecule has 0 saturated heterocycles. The van der Waals surface area contributed by atoms with Crippen molar-refractivity contribution in [1.29, 1.82) is 0 Å². The SMILES string of the molecule is CSc1ccccc1-c1ccc(-n2cccc([N+](=O)[O-])c2=O)cc1. The Kier molecular flexibility index (Phi) is 4.48. The van der Waals surface area contributed by atoms with Gasteiger partial charge in [0.2, 0.25) is 0 Å². The van der Waals surface area contributed by atoms with Crippen LogP contribution < -0.4 is 5.56 Å². The molecule has 0 N–H and O–H groups in total. The van der Waals surface area contributed by atoms with Crippen LogP contribution in [0.2, 0.25) is 0 Å². The lowest BCUT2D eigenvalue weighted by Gasteiger charge is -2.09. The minimum absolute atomic E-state index is 0.436. The second-order valence-electron chi connectivity index (χ2n) is 5.07. The Morgan fingerprint density at radius 2 is 1.71 bits per heavy atom. The van der Waals surface area contributed by atoms with Gasteiger partial charge in [-0.25, -0.2) is 0 Å². The summed E-state index contributed by atoms with van der Waals surface area (Å²) >= 11 is 1.67. The van der Waals surface area contributed by atoms with E-state index in [-0.39, 0.29) is 0 Å². The van der Waals surface area contributed by atoms with Gasteiger partial charge in [-0.05, 0) is 41.6 Å². The minimum Gasteiger partial charge on any atom is -0.278 e. The van der Waals surface area contributed by atoms with Crippen LogP contribution in [-0.4, -0.2) is 15.7 Å². The molecule has 3 rings (SSSR count). The maximum Gasteiger partial charge on any atom is 0.334 e. The number of benzene rings is 2. The third-order valence-corrected chi connectivity index (χ3v) is 4.48. The van der Waals surface area contributed by atoms with Crippen LogP contribution in [0.15, 0.2) is 76.6 Å². The fraction of sp³-hybridized carbons (Fsp3) is 0.0556. The Hall–Kier alpha value is -2.86. The standard InChI is InChI=1S/C18H14N2O3S/c1-24-17-7-3-2-5-15(17)13-8-10-14(11-9-13)19-12-4-6-16(18(19)21)20(22)23/h2-12H,1H3. The summed E-state index contributed by atoms with van der Waals surface area (Å²) in [6.45, 7) is 0. The van der Waals surface area contributed by atoms with Crippen LogP contribution in [0, 0.1) is 10.1 Å². The van der Waals surface area contributed by atoms with E-state index in [0.717, 1.165) is 16.0 Å². The third kappa shape index (κ3) is 2.96. The van der Waals surface area contributed by atoms with E-state index in [1.807, 2.05) is 36.6 Å². The van der Waals surface area contributed by atoms with Gasteiger partial charge in [0.15, 0.2) is 0 Å². The number of hydrogen-bond donors (Lipinski definition) is 0. The number of rotatable bonds is 4. The zero-order valence-electron chi connectivity index (χ0n) is 12.9. The van der Waals surface area contributed by atoms with Crippen molar-refractivity contribution < 1.29 is 4.92 Å². The van der Waals surface area contributed by atoms with Crippen molar-refractivity contribution in [3.63, 3.8) is 0 Å². The molecule has 0 aliphatic rings. The van der Waals surface area contributed by atoms with Crippen LogP contribution in [0.25, 0.3) is 16.8 Å². The average Bonchev–Trinajstić information content (AvgIpc) is 2.62. The largest absolute Gasteiger partial charge is 0.334 e. The first-order valence-corrected chi connectivity index (χ1v) is 8.44. The monoisotopic (exact) mass is 338 g/mol. The van der Waals surface area contributed by atoms with Gasteiger partial charge in [-0.2, -0.15) is 0 Å². The lowest BCUT2D eigenvalue weighted by atomic mass is 10.1. The van der Waals surface area contributed by atoms with Gasteiger partial charge in [-0.3, -0.25) is 19.5 Å². The van der Waals surface area contributed by atoms with Crippen molar-refractivity contribution in [3.8, 4) is 16.8 Å². The first kappa shape index (κ1) is 16.0. The lowest BCUT2D eigenvalue weighted by molar-refractivity contribution is -0.386. The predicted molar refractivity (Wildman–Crippen MR) is 95.9 cm³/mol. The van der Waals surface area contributed by atoms with E-state index in [1.165, 1.54) is 22.9 Å². The van der Waals surface area contributed by atoms with E-state index in [1.54, 1.807) is 23.9 Å². The first-order valence-electron chi connectivity index (χ1n) is 7.21. The van der Waals surface area contributed by atoms with Gasteiger partial charge < -0.3 is 0 Å². The highest BCUT2D eigenvalue weighted by molar-refractivity contribution is 7.98. The number of nitrogens with zero attached hydrogens (tertiary/aromatic N) is 2. The molecule has 120 valence electrons. The van der Waals surface area contributed by atoms with E-state index in [9.17, 15) is 14.9 Å². The number of aromatic nitrogens is 1. The van der Waals surface area contributed by atoms with Crippen molar-refractivity contribution in [3.05, 3.63) is 87.3 Å². The van der Waals surface area contributed by atoms with Crippen LogP contribution in [-0.2, 0) is 0 Å². The van der Waals surface area contributed by atoms with Gasteiger partial charge in [-0.1, -0.05) is 30.3 Å². The topological polar surface area (TPSA) is 65.1 Å². The second kappa shape index (κ2) is 6.72. The third-order valence-electron chi connectivity index (χ3n) is 3.69. The Labute approximate surface area is 142 Å². The molecule has 0 spiro atoms. The zero-order chi connectivity index (χ0) is 17.1. The highest BCUT2D eigenvalue weighted by Crippen LogP contribution is 2.30. The summed E-state index contributed by atoms with van der Waals surface area (Å²) in [5, 5.41) is 10.9. The summed E-state index contributed by atoms with van der Waals surface area (Å²) in [4.78, 5) is 23.6. The van der Waals surface area contributed by atoms with Crippen LogP contribution in [0.5, 0.6) is 0 Å². The van der Waals surface area contributed by atoms with Crippen LogP contribution in [0.3, 0.4) is 0 Å². The molecule has 0 aliphatic carbocycles. The van der Waals surface area contributed by atoms with Crippen LogP contribution in [0.4, 0.5) is 5.69 Å². The molecule has 0 fully saturated rings. The van der Waals surface area contributed by atoms with Crippen LogP contribution in [0.1, 0.15) is 0 Å². The van der Waals surface area contributed by atoms with Gasteiger partial charge in [0.25, 0.3) is 0 Å². The van der Waals surface area contributed by atoms with Gasteiger partial charge in [0.05, 0.1) is 4.92 Å². The molecule has 0 bridgehead atoms. The minimum atomic E-state index is -0.665. The summed E-state index contributed by atoms with van der Waals surface area (Å²) < 4.78 is 1.28. The van der Waals surface area contributed by atoms with Gasteiger partial charge >= 0.3 is 11.2 Å². The van der Waals surface area contributed by atoms with Gasteiger partial charge in [0.1, 0.15) is 0 Å². The molecule has 0 atom stereocenters. The molecule has 0 radical (unpaired) electrons. The Bertz CT molecular complexity index is 949. The molecule has 1 heterocycles. The molecule has 2 aromatic carbocycles. The number of nitro groups is 1. The van der Waals surface area contributed by atoms with Crippen molar-refractivity contribution >= 4 is 17.4 Å². The molecular formula is C18H14N2O3S. The van der Waals surface area contributed by atoms with E-state index >= 15 is 0 Å². The smallest absolute Gasteiger partial charge is 0.278 e. The number of thioether (sulfide) groups is 1. The molecule has 6 heteroatoms. The fourth-order valence-electron chi connectivity index (χ4n) is 2.51. The highest BCUT2D eigenvalue weighted by Gasteiger charge is 2.14. The molecule has 0 amide bonds. The summed E-state index contributed by atoms with van der Waals surface area (Å²) in [6, 6.07) is 18.2. The number of pyridine rings is 1. The Morgan fingerprint density at radius 1 is 1.00 bits per heavy atom. The fourth-order valence-corrected chi connectivity index (χ4v) is 3.13. The van der Waals surface area contributed by atoms with Crippen molar-refractivity contribution in [2.24, 2.45) is 0 Å². The van der Waals surface area contributed by atoms with E-state index in [4.69, 9.17) is 0 Å². The molecule has 0 saturated carbocycles. The first-order chi connectivity index (χ1) is 11.6. The average molecular weight is 338 g/mol. The highest BCUT2D eigenvalue weighted by atomic mass is 32.2. The molecule has 0 aliphatic heterocycles. The van der Waals surface area contributed by atoms with E-state index in [2.05, 4.69) is 6.07 Å². The van der Waals surface area contributed by atoms with Crippen LogP contribution >= 0.6 is 11.8 Å². The molecule has 5 nitrogen and oxygen atoms in total. The van der Waals surface area contributed by atoms with Gasteiger partial charge in [0, 0.05) is 22.8 Å². The molecule has 3 aromatic rings. The Morgan fingerprint density at radius 3 is 2.38 bits per heavy atom. The number of hydrogen-bond acceptors (Lipinski definition) is 4. The second-order valence-corrected chi connectivity index (χ2v) is 5.92. The normalized spacial score (nSPS) is 10.5. The molecular weight excluding hydrogens is 324 g/mol. The summed E-state index contributed by atoms with van der Waals surface area (Å²) in [5.41, 5.74) is 1.66. The van der Waals surface area contributed by atoms with Crippen molar-refractivity contribution in [2.75, 3.05) is 6.26 Å². The molecule has 1 aromatic heterocycles. The molecule has 24 heavy (non-hydrogen) atoms. The van der Waals surface area contributed by atoms with E-state index in [0.29, 0.717) is 5.69 Å². The maximum absolute atomic E-state index is 12.2. The Balaban J connectivity index is 2.04. The summed E-state index contributed by atoms with van der Waals surface area (Å²) in [6.07, 6.45) is 3.55. The van der Waals surface area contributed by atoms with E-state index < -0.39 is 16.2 Å².